The van der Waals surface area contributed by atoms with Gasteiger partial charge in [0.1, 0.15) is 0 Å². The van der Waals surface area contributed by atoms with Crippen LogP contribution in [0.2, 0.25) is 0 Å². The van der Waals surface area contributed by atoms with Crippen molar-refractivity contribution in [3.63, 3.8) is 0 Å². The zero-order valence-electron chi connectivity index (χ0n) is 5.53. The van der Waals surface area contributed by atoms with Crippen molar-refractivity contribution < 1.29 is 0 Å². The third-order valence-corrected chi connectivity index (χ3v) is 1.04. The third kappa shape index (κ3) is 1.73. The van der Waals surface area contributed by atoms with Gasteiger partial charge in [0.25, 0.3) is 0 Å². The number of rotatable bonds is 0. The number of aryl methyl sites for hydroxylation is 1. The Bertz CT molecular complexity index is 225. The molecule has 0 fully saturated rings. The number of nitrogen functional groups attached to an aromatic ring is 2. The summed E-state index contributed by atoms with van der Waals surface area (Å²) < 4.78 is 0. The van der Waals surface area contributed by atoms with Gasteiger partial charge in [0.15, 0.2) is 0 Å². The molecule has 0 aromatic carbocycles. The molecular formula is C5H9ClN4. The second kappa shape index (κ2) is 3.22. The first-order valence-corrected chi connectivity index (χ1v) is 2.55. The van der Waals surface area contributed by atoms with Gasteiger partial charge in [-0.05, 0) is 6.92 Å². The zero-order valence-corrected chi connectivity index (χ0v) is 6.35. The van der Waals surface area contributed by atoms with E-state index in [0.29, 0.717) is 5.69 Å². The molecule has 0 atom stereocenters. The molecule has 0 saturated carbocycles. The Morgan fingerprint density at radius 2 is 2.00 bits per heavy atom. The average molecular weight is 161 g/mol. The Hall–Kier alpha value is -1.03. The van der Waals surface area contributed by atoms with E-state index in [4.69, 9.17) is 11.5 Å². The van der Waals surface area contributed by atoms with E-state index in [2.05, 4.69) is 9.97 Å². The molecular weight excluding hydrogens is 152 g/mol. The lowest BCUT2D eigenvalue weighted by Gasteiger charge is -1.96. The Morgan fingerprint density at radius 1 is 1.40 bits per heavy atom. The van der Waals surface area contributed by atoms with Crippen molar-refractivity contribution in [1.82, 2.24) is 9.97 Å². The molecule has 0 amide bonds. The lowest BCUT2D eigenvalue weighted by Crippen LogP contribution is -1.99. The fourth-order valence-corrected chi connectivity index (χ4v) is 0.494. The minimum absolute atomic E-state index is 0. The van der Waals surface area contributed by atoms with Gasteiger partial charge in [-0.1, -0.05) is 0 Å². The van der Waals surface area contributed by atoms with Gasteiger partial charge in [-0.2, -0.15) is 0 Å². The largest absolute Gasteiger partial charge is 0.396 e. The van der Waals surface area contributed by atoms with E-state index >= 15 is 0 Å². The topological polar surface area (TPSA) is 77.8 Å². The van der Waals surface area contributed by atoms with Crippen LogP contribution in [0.4, 0.5) is 11.6 Å². The van der Waals surface area contributed by atoms with E-state index in [1.807, 2.05) is 0 Å². The summed E-state index contributed by atoms with van der Waals surface area (Å²) in [5.74, 6) is 0.265. The molecule has 10 heavy (non-hydrogen) atoms. The number of aromatic nitrogens is 2. The summed E-state index contributed by atoms with van der Waals surface area (Å²) in [6.45, 7) is 1.79. The van der Waals surface area contributed by atoms with Gasteiger partial charge < -0.3 is 11.5 Å². The van der Waals surface area contributed by atoms with Crippen LogP contribution in [-0.4, -0.2) is 9.97 Å². The molecule has 1 aromatic rings. The molecule has 0 saturated heterocycles. The second-order valence-electron chi connectivity index (χ2n) is 1.77. The fraction of sp³-hybridized carbons (Fsp3) is 0.200. The van der Waals surface area contributed by atoms with Crippen LogP contribution in [-0.2, 0) is 0 Å². The second-order valence-corrected chi connectivity index (χ2v) is 1.77. The number of hydrogen-bond acceptors (Lipinski definition) is 4. The van der Waals surface area contributed by atoms with E-state index in [0.717, 1.165) is 5.69 Å². The summed E-state index contributed by atoms with van der Waals surface area (Å²) >= 11 is 0. The normalized spacial score (nSPS) is 8.50. The van der Waals surface area contributed by atoms with Crippen molar-refractivity contribution in [2.45, 2.75) is 6.92 Å². The number of nitrogens with two attached hydrogens (primary N) is 2. The summed E-state index contributed by atoms with van der Waals surface area (Å²) in [4.78, 5) is 7.50. The van der Waals surface area contributed by atoms with Gasteiger partial charge in [0.2, 0.25) is 5.95 Å². The molecule has 0 aliphatic rings. The molecule has 1 rings (SSSR count). The Balaban J connectivity index is 0.000000810. The van der Waals surface area contributed by atoms with Crippen molar-refractivity contribution in [1.29, 1.82) is 0 Å². The molecule has 0 radical (unpaired) electrons. The van der Waals surface area contributed by atoms with Gasteiger partial charge in [-0.15, -0.1) is 12.4 Å². The monoisotopic (exact) mass is 160 g/mol. The first-order valence-electron chi connectivity index (χ1n) is 2.55. The molecule has 0 bridgehead atoms. The average Bonchev–Trinajstić information content (AvgIpc) is 1.80. The number of halogens is 1. The van der Waals surface area contributed by atoms with Crippen molar-refractivity contribution in [3.8, 4) is 0 Å². The first-order chi connectivity index (χ1) is 4.20. The molecule has 4 nitrogen and oxygen atoms in total. The molecule has 56 valence electrons. The van der Waals surface area contributed by atoms with Crippen LogP contribution in [0.15, 0.2) is 6.20 Å². The zero-order chi connectivity index (χ0) is 6.85. The molecule has 1 aromatic heterocycles. The van der Waals surface area contributed by atoms with Gasteiger partial charge in [-0.25, -0.2) is 9.97 Å². The summed E-state index contributed by atoms with van der Waals surface area (Å²) in [5.41, 5.74) is 12.0. The summed E-state index contributed by atoms with van der Waals surface area (Å²) in [5, 5.41) is 0. The minimum Gasteiger partial charge on any atom is -0.396 e. The third-order valence-electron chi connectivity index (χ3n) is 1.04. The van der Waals surface area contributed by atoms with Gasteiger partial charge in [-0.3, -0.25) is 0 Å². The van der Waals surface area contributed by atoms with Crippen molar-refractivity contribution in [2.75, 3.05) is 11.5 Å². The standard InChI is InChI=1S/C5H8N4.ClH/c1-3-4(6)2-8-5(7)9-3;/h2H,6H2,1H3,(H2,7,8,9);1H. The molecule has 5 heteroatoms. The van der Waals surface area contributed by atoms with Gasteiger partial charge in [0.05, 0.1) is 17.6 Å². The molecule has 0 unspecified atom stereocenters. The van der Waals surface area contributed by atoms with Crippen LogP contribution < -0.4 is 11.5 Å². The molecule has 1 heterocycles. The highest BCUT2D eigenvalue weighted by atomic mass is 35.5. The number of hydrogen-bond donors (Lipinski definition) is 2. The van der Waals surface area contributed by atoms with Crippen LogP contribution >= 0.6 is 12.4 Å². The Morgan fingerprint density at radius 3 is 2.40 bits per heavy atom. The van der Waals surface area contributed by atoms with E-state index in [9.17, 15) is 0 Å². The minimum atomic E-state index is 0. The SMILES string of the molecule is Cc1nc(N)ncc1N.Cl. The smallest absolute Gasteiger partial charge is 0.220 e. The van der Waals surface area contributed by atoms with Crippen molar-refractivity contribution in [2.24, 2.45) is 0 Å². The summed E-state index contributed by atoms with van der Waals surface area (Å²) in [6, 6.07) is 0. The Labute approximate surface area is 65.1 Å². The maximum absolute atomic E-state index is 5.41. The maximum Gasteiger partial charge on any atom is 0.220 e. The number of anilines is 2. The lowest BCUT2D eigenvalue weighted by molar-refractivity contribution is 1.13. The van der Waals surface area contributed by atoms with E-state index in [-0.39, 0.29) is 18.4 Å². The van der Waals surface area contributed by atoms with Gasteiger partial charge >= 0.3 is 0 Å². The fourth-order valence-electron chi connectivity index (χ4n) is 0.494. The van der Waals surface area contributed by atoms with E-state index in [1.165, 1.54) is 6.20 Å². The summed E-state index contributed by atoms with van der Waals surface area (Å²) in [6.07, 6.45) is 1.50. The predicted molar refractivity (Wildman–Crippen MR) is 42.8 cm³/mol. The highest BCUT2D eigenvalue weighted by Crippen LogP contribution is 2.04. The number of nitrogens with zero attached hydrogens (tertiary/aromatic N) is 2. The molecule has 0 aliphatic carbocycles. The highest BCUT2D eigenvalue weighted by molar-refractivity contribution is 5.85. The molecule has 4 N–H and O–H groups in total. The van der Waals surface area contributed by atoms with Gasteiger partial charge in [0, 0.05) is 0 Å². The van der Waals surface area contributed by atoms with Crippen molar-refractivity contribution in [3.05, 3.63) is 11.9 Å². The van der Waals surface area contributed by atoms with Crippen LogP contribution in [0, 0.1) is 6.92 Å². The van der Waals surface area contributed by atoms with Crippen molar-refractivity contribution >= 4 is 24.0 Å². The maximum atomic E-state index is 5.41. The highest BCUT2D eigenvalue weighted by Gasteiger charge is 1.93. The molecule has 0 aliphatic heterocycles. The summed E-state index contributed by atoms with van der Waals surface area (Å²) in [7, 11) is 0. The van der Waals surface area contributed by atoms with Crippen LogP contribution in [0.3, 0.4) is 0 Å². The van der Waals surface area contributed by atoms with Crippen LogP contribution in [0.25, 0.3) is 0 Å². The first kappa shape index (κ1) is 8.97. The van der Waals surface area contributed by atoms with Crippen LogP contribution in [0.1, 0.15) is 5.69 Å². The van der Waals surface area contributed by atoms with E-state index in [1.54, 1.807) is 6.92 Å². The predicted octanol–water partition coefficient (Wildman–Crippen LogP) is 0.371. The molecule has 0 spiro atoms. The Kier molecular flexibility index (Phi) is 2.89. The van der Waals surface area contributed by atoms with E-state index < -0.39 is 0 Å². The lowest BCUT2D eigenvalue weighted by atomic mass is 10.4. The quantitative estimate of drug-likeness (QED) is 0.575. The van der Waals surface area contributed by atoms with Crippen LogP contribution in [0.5, 0.6) is 0 Å².